The number of ether oxygens (including phenoxy) is 2. The fourth-order valence-corrected chi connectivity index (χ4v) is 3.88. The zero-order valence-corrected chi connectivity index (χ0v) is 17.0. The number of rotatable bonds is 5. The smallest absolute Gasteiger partial charge is 0.267 e. The predicted molar refractivity (Wildman–Crippen MR) is 116 cm³/mol. The maximum Gasteiger partial charge on any atom is 0.267 e. The molecule has 0 radical (unpaired) electrons. The molecule has 2 aromatic heterocycles. The Morgan fingerprint density at radius 2 is 1.84 bits per heavy atom. The zero-order chi connectivity index (χ0) is 21.2. The summed E-state index contributed by atoms with van der Waals surface area (Å²) in [6, 6.07) is 18.1. The number of carbonyl (C=O) groups excluding carboxylic acids is 1. The minimum atomic E-state index is -0.383. The van der Waals surface area contributed by atoms with E-state index in [1.807, 2.05) is 53.9 Å². The number of anilines is 1. The summed E-state index contributed by atoms with van der Waals surface area (Å²) in [4.78, 5) is 29.1. The molecule has 0 spiro atoms. The summed E-state index contributed by atoms with van der Waals surface area (Å²) < 4.78 is 11.9. The van der Waals surface area contributed by atoms with Crippen LogP contribution in [0.3, 0.4) is 0 Å². The number of nitrogens with zero attached hydrogens (tertiary/aromatic N) is 3. The van der Waals surface area contributed by atoms with E-state index in [0.29, 0.717) is 28.0 Å². The summed E-state index contributed by atoms with van der Waals surface area (Å²) >= 11 is 1.30. The second-order valence-corrected chi connectivity index (χ2v) is 7.59. The number of benzene rings is 2. The van der Waals surface area contributed by atoms with Gasteiger partial charge in [0.15, 0.2) is 16.6 Å². The van der Waals surface area contributed by atoms with E-state index in [0.717, 1.165) is 15.8 Å². The second kappa shape index (κ2) is 8.04. The van der Waals surface area contributed by atoms with E-state index in [1.165, 1.54) is 17.4 Å². The van der Waals surface area contributed by atoms with Crippen molar-refractivity contribution < 1.29 is 14.3 Å². The third kappa shape index (κ3) is 4.03. The molecule has 1 aliphatic rings. The Labute approximate surface area is 180 Å². The topological polar surface area (TPSA) is 95.3 Å². The summed E-state index contributed by atoms with van der Waals surface area (Å²) in [5.74, 6) is 0.981. The number of carbonyl (C=O) groups is 1. The number of amides is 1. The van der Waals surface area contributed by atoms with Gasteiger partial charge in [-0.25, -0.2) is 9.67 Å². The lowest BCUT2D eigenvalue weighted by Crippen LogP contribution is -2.29. The molecular formula is C22H16N4O4S. The Balaban J connectivity index is 1.30. The van der Waals surface area contributed by atoms with Crippen LogP contribution in [0.25, 0.3) is 22.5 Å². The molecule has 31 heavy (non-hydrogen) atoms. The van der Waals surface area contributed by atoms with Gasteiger partial charge in [0.1, 0.15) is 6.54 Å². The maximum absolute atomic E-state index is 12.5. The molecule has 5 rings (SSSR count). The van der Waals surface area contributed by atoms with E-state index in [9.17, 15) is 9.59 Å². The average molecular weight is 432 g/mol. The van der Waals surface area contributed by atoms with Crippen LogP contribution in [0.4, 0.5) is 5.13 Å². The van der Waals surface area contributed by atoms with Crippen molar-refractivity contribution in [3.63, 3.8) is 0 Å². The van der Waals surface area contributed by atoms with Crippen LogP contribution in [0.1, 0.15) is 0 Å². The van der Waals surface area contributed by atoms with E-state index < -0.39 is 0 Å². The first-order valence-corrected chi connectivity index (χ1v) is 10.3. The molecule has 0 aliphatic carbocycles. The molecule has 0 bridgehead atoms. The molecule has 1 amide bonds. The highest BCUT2D eigenvalue weighted by atomic mass is 32.1. The average Bonchev–Trinajstić information content (AvgIpc) is 3.44. The lowest BCUT2D eigenvalue weighted by atomic mass is 10.1. The third-order valence-electron chi connectivity index (χ3n) is 4.65. The standard InChI is InChI=1S/C22H16N4O4S/c27-20(11-26-21(28)9-7-16(25-26)14-4-2-1-3-5-14)24-22-23-17(12-31-22)15-6-8-18-19(10-15)30-13-29-18/h1-10,12H,11,13H2,(H,23,24,27). The quantitative estimate of drug-likeness (QED) is 0.519. The first-order chi connectivity index (χ1) is 15.2. The molecule has 0 fully saturated rings. The predicted octanol–water partition coefficient (Wildman–Crippen LogP) is 3.40. The van der Waals surface area contributed by atoms with Gasteiger partial charge in [-0.15, -0.1) is 11.3 Å². The third-order valence-corrected chi connectivity index (χ3v) is 5.41. The van der Waals surface area contributed by atoms with Crippen LogP contribution >= 0.6 is 11.3 Å². The Hall–Kier alpha value is -3.98. The highest BCUT2D eigenvalue weighted by Gasteiger charge is 2.16. The molecule has 2 aromatic carbocycles. The van der Waals surface area contributed by atoms with Crippen molar-refractivity contribution in [1.82, 2.24) is 14.8 Å². The van der Waals surface area contributed by atoms with Gasteiger partial charge in [-0.1, -0.05) is 30.3 Å². The van der Waals surface area contributed by atoms with E-state index in [1.54, 1.807) is 6.07 Å². The van der Waals surface area contributed by atoms with Gasteiger partial charge in [-0.2, -0.15) is 5.10 Å². The molecule has 0 unspecified atom stereocenters. The number of hydrogen-bond acceptors (Lipinski definition) is 7. The Bertz CT molecular complexity index is 1320. The molecule has 0 atom stereocenters. The number of thiazole rings is 1. The van der Waals surface area contributed by atoms with Crippen LogP contribution < -0.4 is 20.3 Å². The highest BCUT2D eigenvalue weighted by Crippen LogP contribution is 2.36. The fraction of sp³-hybridized carbons (Fsp3) is 0.0909. The van der Waals surface area contributed by atoms with Gasteiger partial charge in [-0.05, 0) is 24.3 Å². The molecular weight excluding hydrogens is 416 g/mol. The molecule has 1 N–H and O–H groups in total. The molecule has 1 aliphatic heterocycles. The zero-order valence-electron chi connectivity index (χ0n) is 16.1. The van der Waals surface area contributed by atoms with Gasteiger partial charge in [0.25, 0.3) is 5.56 Å². The molecule has 154 valence electrons. The van der Waals surface area contributed by atoms with Crippen molar-refractivity contribution >= 4 is 22.4 Å². The summed E-state index contributed by atoms with van der Waals surface area (Å²) in [5, 5.41) is 9.32. The van der Waals surface area contributed by atoms with Crippen molar-refractivity contribution in [2.75, 3.05) is 12.1 Å². The Kier molecular flexibility index (Phi) is 4.93. The molecule has 0 saturated carbocycles. The van der Waals surface area contributed by atoms with Crippen molar-refractivity contribution in [2.45, 2.75) is 6.54 Å². The van der Waals surface area contributed by atoms with Crippen LogP contribution in [0.15, 0.2) is 70.8 Å². The molecule has 9 heteroatoms. The number of aromatic nitrogens is 3. The summed E-state index contributed by atoms with van der Waals surface area (Å²) in [6.07, 6.45) is 0. The van der Waals surface area contributed by atoms with Gasteiger partial charge in [-0.3, -0.25) is 9.59 Å². The SMILES string of the molecule is O=C(Cn1nc(-c2ccccc2)ccc1=O)Nc1nc(-c2ccc3c(c2)OCO3)cs1. The summed E-state index contributed by atoms with van der Waals surface area (Å²) in [7, 11) is 0. The molecule has 8 nitrogen and oxygen atoms in total. The van der Waals surface area contributed by atoms with Crippen molar-refractivity contribution in [3.8, 4) is 34.0 Å². The molecule has 4 aromatic rings. The number of hydrogen-bond donors (Lipinski definition) is 1. The van der Waals surface area contributed by atoms with Crippen LogP contribution in [0.2, 0.25) is 0 Å². The lowest BCUT2D eigenvalue weighted by molar-refractivity contribution is -0.117. The summed E-state index contributed by atoms with van der Waals surface area (Å²) in [6.45, 7) is -0.00548. The first-order valence-electron chi connectivity index (χ1n) is 9.45. The maximum atomic E-state index is 12.5. The van der Waals surface area contributed by atoms with Crippen LogP contribution in [-0.2, 0) is 11.3 Å². The molecule has 3 heterocycles. The Morgan fingerprint density at radius 3 is 2.71 bits per heavy atom. The largest absolute Gasteiger partial charge is 0.454 e. The minimum Gasteiger partial charge on any atom is -0.454 e. The van der Waals surface area contributed by atoms with E-state index in [2.05, 4.69) is 15.4 Å². The first kappa shape index (κ1) is 19.0. The van der Waals surface area contributed by atoms with Gasteiger partial charge in [0.2, 0.25) is 12.7 Å². The van der Waals surface area contributed by atoms with Gasteiger partial charge in [0, 0.05) is 22.6 Å². The summed E-state index contributed by atoms with van der Waals surface area (Å²) in [5.41, 5.74) is 2.70. The van der Waals surface area contributed by atoms with E-state index in [-0.39, 0.29) is 24.8 Å². The number of nitrogens with one attached hydrogen (secondary N) is 1. The van der Waals surface area contributed by atoms with E-state index in [4.69, 9.17) is 9.47 Å². The van der Waals surface area contributed by atoms with Crippen molar-refractivity contribution in [1.29, 1.82) is 0 Å². The Morgan fingerprint density at radius 1 is 1.00 bits per heavy atom. The highest BCUT2D eigenvalue weighted by molar-refractivity contribution is 7.14. The van der Waals surface area contributed by atoms with Crippen LogP contribution in [0.5, 0.6) is 11.5 Å². The van der Waals surface area contributed by atoms with Crippen molar-refractivity contribution in [3.05, 3.63) is 76.4 Å². The lowest BCUT2D eigenvalue weighted by Gasteiger charge is -2.07. The van der Waals surface area contributed by atoms with Crippen LogP contribution in [0, 0.1) is 0 Å². The van der Waals surface area contributed by atoms with E-state index >= 15 is 0 Å². The molecule has 0 saturated heterocycles. The normalized spacial score (nSPS) is 12.0. The second-order valence-electron chi connectivity index (χ2n) is 6.73. The fourth-order valence-electron chi connectivity index (χ4n) is 3.14. The monoisotopic (exact) mass is 432 g/mol. The number of fused-ring (bicyclic) bond motifs is 1. The minimum absolute atomic E-state index is 0.204. The van der Waals surface area contributed by atoms with Crippen LogP contribution in [-0.4, -0.2) is 27.5 Å². The van der Waals surface area contributed by atoms with Crippen molar-refractivity contribution in [2.24, 2.45) is 0 Å². The van der Waals surface area contributed by atoms with Gasteiger partial charge in [0.05, 0.1) is 11.4 Å². The van der Waals surface area contributed by atoms with Gasteiger partial charge >= 0.3 is 0 Å². The van der Waals surface area contributed by atoms with Gasteiger partial charge < -0.3 is 14.8 Å².